The molecular weight excluding hydrogens is 468 g/mol. The van der Waals surface area contributed by atoms with E-state index < -0.39 is 0 Å². The minimum Gasteiger partial charge on any atom is -0.497 e. The third kappa shape index (κ3) is 4.78. The molecule has 0 aliphatic carbocycles. The Morgan fingerprint density at radius 1 is 1.15 bits per heavy atom. The normalized spacial score (nSPS) is 10.1. The van der Waals surface area contributed by atoms with Crippen molar-refractivity contribution in [3.63, 3.8) is 0 Å². The van der Waals surface area contributed by atoms with Gasteiger partial charge in [-0.15, -0.1) is 39.7 Å². The van der Waals surface area contributed by atoms with Crippen molar-refractivity contribution in [2.24, 2.45) is 0 Å². The van der Waals surface area contributed by atoms with Gasteiger partial charge in [-0.05, 0) is 37.3 Å². The Morgan fingerprint density at radius 2 is 1.93 bits per heavy atom. The second-order valence-corrected chi connectivity index (χ2v) is 7.79. The number of nitrogens with one attached hydrogen (secondary N) is 1. The van der Waals surface area contributed by atoms with Gasteiger partial charge in [-0.25, -0.2) is 4.98 Å². The number of thiazole rings is 1. The number of aromatic nitrogens is 1. The molecule has 0 amide bonds. The molecular formula is C18H19BrN2O3S3. The van der Waals surface area contributed by atoms with Crippen LogP contribution in [0.25, 0.3) is 11.3 Å². The summed E-state index contributed by atoms with van der Waals surface area (Å²) >= 11 is 8.35. The average Bonchev–Trinajstić information content (AvgIpc) is 3.27. The Balaban J connectivity index is 0.00000261. The molecule has 0 radical (unpaired) electrons. The predicted molar refractivity (Wildman–Crippen MR) is 122 cm³/mol. The molecule has 0 saturated carbocycles. The van der Waals surface area contributed by atoms with Crippen LogP contribution in [0.1, 0.15) is 9.75 Å². The van der Waals surface area contributed by atoms with E-state index in [0.717, 1.165) is 43.3 Å². The van der Waals surface area contributed by atoms with Gasteiger partial charge in [-0.2, -0.15) is 0 Å². The van der Waals surface area contributed by atoms with Gasteiger partial charge < -0.3 is 19.5 Å². The Morgan fingerprint density at radius 3 is 2.59 bits per heavy atom. The molecule has 2 aromatic heterocycles. The Kier molecular flexibility index (Phi) is 7.60. The maximum atomic E-state index is 5.40. The molecule has 0 saturated heterocycles. The molecule has 5 nitrogen and oxygen atoms in total. The van der Waals surface area contributed by atoms with E-state index in [-0.39, 0.29) is 17.0 Å². The highest BCUT2D eigenvalue weighted by molar-refractivity contribution is 8.93. The number of hydrogen-bond acceptors (Lipinski definition) is 8. The smallest absolute Gasteiger partial charge is 0.201 e. The van der Waals surface area contributed by atoms with E-state index >= 15 is 0 Å². The second kappa shape index (κ2) is 9.50. The average molecular weight is 487 g/mol. The molecule has 0 unspecified atom stereocenters. The number of anilines is 2. The largest absolute Gasteiger partial charge is 0.497 e. The molecule has 3 aromatic rings. The van der Waals surface area contributed by atoms with Crippen molar-refractivity contribution in [3.05, 3.63) is 39.4 Å². The van der Waals surface area contributed by atoms with Gasteiger partial charge >= 0.3 is 0 Å². The minimum atomic E-state index is 0. The summed E-state index contributed by atoms with van der Waals surface area (Å²) < 4.78 is 15.8. The number of aryl methyl sites for hydroxylation is 1. The number of rotatable bonds is 6. The van der Waals surface area contributed by atoms with Crippen molar-refractivity contribution in [1.29, 1.82) is 0 Å². The molecule has 9 heteroatoms. The van der Waals surface area contributed by atoms with Crippen LogP contribution in [0.3, 0.4) is 0 Å². The van der Waals surface area contributed by atoms with E-state index in [2.05, 4.69) is 12.2 Å². The highest BCUT2D eigenvalue weighted by atomic mass is 79.9. The molecule has 0 aliphatic rings. The van der Waals surface area contributed by atoms with Crippen molar-refractivity contribution in [1.82, 2.24) is 4.98 Å². The first kappa shape index (κ1) is 21.6. The van der Waals surface area contributed by atoms with E-state index in [4.69, 9.17) is 31.4 Å². The van der Waals surface area contributed by atoms with E-state index in [1.54, 1.807) is 32.7 Å². The Labute approximate surface area is 182 Å². The summed E-state index contributed by atoms with van der Waals surface area (Å²) in [6.07, 6.45) is 0. The van der Waals surface area contributed by atoms with Gasteiger partial charge in [0.1, 0.15) is 11.5 Å². The van der Waals surface area contributed by atoms with E-state index in [0.29, 0.717) is 5.05 Å². The monoisotopic (exact) mass is 486 g/mol. The lowest BCUT2D eigenvalue weighted by Gasteiger charge is -2.10. The summed E-state index contributed by atoms with van der Waals surface area (Å²) in [6.45, 7) is 2.05. The number of hydrogen-bond donors (Lipinski definition) is 1. The van der Waals surface area contributed by atoms with Crippen LogP contribution in [-0.2, 0) is 4.74 Å². The summed E-state index contributed by atoms with van der Waals surface area (Å²) in [5, 5.41) is 6.59. The van der Waals surface area contributed by atoms with Gasteiger partial charge in [0, 0.05) is 21.9 Å². The first-order valence-electron chi connectivity index (χ1n) is 7.69. The molecule has 144 valence electrons. The van der Waals surface area contributed by atoms with Crippen LogP contribution in [0.5, 0.6) is 11.5 Å². The van der Waals surface area contributed by atoms with Crippen molar-refractivity contribution in [2.75, 3.05) is 26.6 Å². The zero-order chi connectivity index (χ0) is 18.7. The summed E-state index contributed by atoms with van der Waals surface area (Å²) in [6, 6.07) is 7.62. The van der Waals surface area contributed by atoms with E-state index in [1.807, 2.05) is 29.6 Å². The standard InChI is InChI=1S/C18H18N2O3S3.BrH/c1-10-12(8-16(26-10)17(24)23-4)14-9-25-18(20-14)19-13-7-11(21-2)5-6-15(13)22-3;/h5-9H,1-4H3,(H,19,20);1H. The number of thiocarbonyl (C=S) groups is 1. The molecule has 3 rings (SSSR count). The lowest BCUT2D eigenvalue weighted by molar-refractivity contribution is 0.405. The lowest BCUT2D eigenvalue weighted by atomic mass is 10.2. The highest BCUT2D eigenvalue weighted by Gasteiger charge is 2.15. The maximum absolute atomic E-state index is 5.40. The minimum absolute atomic E-state index is 0. The molecule has 0 bridgehead atoms. The molecule has 0 fully saturated rings. The lowest BCUT2D eigenvalue weighted by Crippen LogP contribution is -1.95. The topological polar surface area (TPSA) is 52.6 Å². The number of nitrogens with zero attached hydrogens (tertiary/aromatic N) is 1. The third-order valence-electron chi connectivity index (χ3n) is 3.73. The zero-order valence-corrected chi connectivity index (χ0v) is 19.4. The molecule has 0 aliphatic heterocycles. The van der Waals surface area contributed by atoms with Crippen LogP contribution < -0.4 is 14.8 Å². The maximum Gasteiger partial charge on any atom is 0.201 e. The summed E-state index contributed by atoms with van der Waals surface area (Å²) in [4.78, 5) is 6.78. The van der Waals surface area contributed by atoms with Crippen LogP contribution in [0.4, 0.5) is 10.8 Å². The molecule has 1 N–H and O–H groups in total. The van der Waals surface area contributed by atoms with Crippen molar-refractivity contribution >= 4 is 67.7 Å². The number of thiophene rings is 1. The molecule has 1 aromatic carbocycles. The van der Waals surface area contributed by atoms with Crippen LogP contribution in [0.2, 0.25) is 0 Å². The molecule has 2 heterocycles. The third-order valence-corrected chi connectivity index (χ3v) is 6.06. The van der Waals surface area contributed by atoms with Crippen LogP contribution in [0, 0.1) is 6.92 Å². The fourth-order valence-corrected chi connectivity index (χ4v) is 4.27. The van der Waals surface area contributed by atoms with Gasteiger partial charge in [-0.1, -0.05) is 0 Å². The number of halogens is 1. The summed E-state index contributed by atoms with van der Waals surface area (Å²) in [7, 11) is 4.85. The second-order valence-electron chi connectivity index (χ2n) is 5.30. The summed E-state index contributed by atoms with van der Waals surface area (Å²) in [5.74, 6) is 1.47. The first-order valence-corrected chi connectivity index (χ1v) is 9.79. The summed E-state index contributed by atoms with van der Waals surface area (Å²) in [5.41, 5.74) is 2.76. The predicted octanol–water partition coefficient (Wildman–Crippen LogP) is 5.84. The Hall–Kier alpha value is -1.68. The Bertz CT molecular complexity index is 940. The van der Waals surface area contributed by atoms with Gasteiger partial charge in [0.15, 0.2) is 5.13 Å². The van der Waals surface area contributed by atoms with Crippen molar-refractivity contribution < 1.29 is 14.2 Å². The van der Waals surface area contributed by atoms with Crippen molar-refractivity contribution in [3.8, 4) is 22.8 Å². The van der Waals surface area contributed by atoms with Gasteiger partial charge in [0.25, 0.3) is 0 Å². The van der Waals surface area contributed by atoms with Crippen LogP contribution in [0.15, 0.2) is 29.6 Å². The molecule has 0 spiro atoms. The van der Waals surface area contributed by atoms with E-state index in [1.165, 1.54) is 11.3 Å². The fraction of sp³-hybridized carbons (Fsp3) is 0.222. The van der Waals surface area contributed by atoms with E-state index in [9.17, 15) is 0 Å². The van der Waals surface area contributed by atoms with Gasteiger partial charge in [0.2, 0.25) is 5.05 Å². The molecule has 27 heavy (non-hydrogen) atoms. The number of methoxy groups -OCH3 is 3. The van der Waals surface area contributed by atoms with Crippen molar-refractivity contribution in [2.45, 2.75) is 6.92 Å². The van der Waals surface area contributed by atoms with Gasteiger partial charge in [0.05, 0.1) is 37.6 Å². The quantitative estimate of drug-likeness (QED) is 0.441. The number of ether oxygens (including phenoxy) is 3. The van der Waals surface area contributed by atoms with Gasteiger partial charge in [-0.3, -0.25) is 0 Å². The molecule has 0 atom stereocenters. The number of benzene rings is 1. The van der Waals surface area contributed by atoms with Crippen LogP contribution >= 0.6 is 51.9 Å². The first-order chi connectivity index (χ1) is 12.5. The van der Waals surface area contributed by atoms with Crippen LogP contribution in [-0.4, -0.2) is 31.4 Å². The highest BCUT2D eigenvalue weighted by Crippen LogP contribution is 2.36. The fourth-order valence-electron chi connectivity index (χ4n) is 2.42. The SMILES string of the molecule is Br.COC(=S)c1cc(-c2csc(Nc3cc(OC)ccc3OC)n2)c(C)s1. The zero-order valence-electron chi connectivity index (χ0n) is 15.2.